The topological polar surface area (TPSA) is 131 Å². The normalized spacial score (nSPS) is 18.8. The van der Waals surface area contributed by atoms with E-state index in [0.29, 0.717) is 67.1 Å². The minimum atomic E-state index is -4.58. The van der Waals surface area contributed by atoms with Gasteiger partial charge in [-0.2, -0.15) is 13.2 Å². The van der Waals surface area contributed by atoms with E-state index in [1.54, 1.807) is 11.5 Å². The summed E-state index contributed by atoms with van der Waals surface area (Å²) >= 11 is 0. The number of carbonyl (C=O) groups excluding carboxylic acids is 2. The zero-order valence-electron chi connectivity index (χ0n) is 26.7. The molecule has 0 unspecified atom stereocenters. The van der Waals surface area contributed by atoms with Crippen molar-refractivity contribution in [2.24, 2.45) is 11.7 Å². The first-order valence-electron chi connectivity index (χ1n) is 15.7. The second-order valence-electron chi connectivity index (χ2n) is 13.5. The Kier molecular flexibility index (Phi) is 9.97. The van der Waals surface area contributed by atoms with E-state index in [0.717, 1.165) is 31.0 Å². The lowest BCUT2D eigenvalue weighted by Crippen LogP contribution is -2.40. The van der Waals surface area contributed by atoms with Gasteiger partial charge in [0.1, 0.15) is 36.1 Å². The van der Waals surface area contributed by atoms with E-state index in [-0.39, 0.29) is 41.8 Å². The highest BCUT2D eigenvalue weighted by molar-refractivity contribution is 6.76. The lowest BCUT2D eigenvalue weighted by atomic mass is 9.92. The fourth-order valence-electron chi connectivity index (χ4n) is 5.71. The summed E-state index contributed by atoms with van der Waals surface area (Å²) < 4.78 is 60.9. The van der Waals surface area contributed by atoms with Crippen molar-refractivity contribution in [3.05, 3.63) is 41.3 Å². The van der Waals surface area contributed by atoms with Crippen molar-refractivity contribution in [2.45, 2.75) is 96.2 Å². The van der Waals surface area contributed by atoms with Gasteiger partial charge in [0.05, 0.1) is 23.3 Å². The predicted molar refractivity (Wildman–Crippen MR) is 169 cm³/mol. The number of nitrogens with one attached hydrogen (secondary N) is 1. The molecule has 2 fully saturated rings. The standard InChI is InChI=1S/C32H42F3N5O5Si/c1-19-26(30(41)39-22-8-10-23(11-9-22)45-31(36)42)28-29(40(19)18-43-13-14-46(2,3)4)27(37-17-38-28)24-15-21(32(33,34)35)7-12-25(24)44-16-20-5-6-20/h7,12,15,17,20,22-23H,5-6,8-11,13-14,16,18H2,1-4H3,(H2,36,42)(H,39,41). The maximum absolute atomic E-state index is 13.9. The van der Waals surface area contributed by atoms with Gasteiger partial charge in [0, 0.05) is 32.0 Å². The second kappa shape index (κ2) is 13.6. The lowest BCUT2D eigenvalue weighted by Gasteiger charge is -2.28. The number of nitrogens with two attached hydrogens (primary N) is 1. The Hall–Kier alpha value is -3.65. The minimum absolute atomic E-state index is 0.0628. The predicted octanol–water partition coefficient (Wildman–Crippen LogP) is 6.66. The van der Waals surface area contributed by atoms with Gasteiger partial charge in [0.15, 0.2) is 0 Å². The average molecular weight is 662 g/mol. The van der Waals surface area contributed by atoms with Gasteiger partial charge in [0.2, 0.25) is 0 Å². The molecule has 0 atom stereocenters. The largest absolute Gasteiger partial charge is 0.493 e. The van der Waals surface area contributed by atoms with E-state index in [9.17, 15) is 22.8 Å². The van der Waals surface area contributed by atoms with Gasteiger partial charge in [0.25, 0.3) is 5.91 Å². The van der Waals surface area contributed by atoms with E-state index in [1.807, 2.05) is 0 Å². The zero-order chi connectivity index (χ0) is 33.2. The molecule has 0 radical (unpaired) electrons. The quantitative estimate of drug-likeness (QED) is 0.164. The smallest absolute Gasteiger partial charge is 0.416 e. The average Bonchev–Trinajstić information content (AvgIpc) is 3.76. The summed E-state index contributed by atoms with van der Waals surface area (Å²) in [4.78, 5) is 34.0. The van der Waals surface area contributed by atoms with E-state index in [1.165, 1.54) is 12.4 Å². The Bertz CT molecular complexity index is 1580. The van der Waals surface area contributed by atoms with Crippen molar-refractivity contribution in [3.63, 3.8) is 0 Å². The molecule has 3 aromatic rings. The number of alkyl halides is 3. The lowest BCUT2D eigenvalue weighted by molar-refractivity contribution is -0.137. The number of amides is 2. The highest BCUT2D eigenvalue weighted by Gasteiger charge is 2.34. The van der Waals surface area contributed by atoms with Crippen LogP contribution in [0.2, 0.25) is 25.7 Å². The Morgan fingerprint density at radius 2 is 1.80 bits per heavy atom. The molecule has 2 aliphatic rings. The van der Waals surface area contributed by atoms with Gasteiger partial charge in [-0.25, -0.2) is 14.8 Å². The number of hydrogen-bond donors (Lipinski definition) is 2. The fraction of sp³-hybridized carbons (Fsp3) is 0.562. The van der Waals surface area contributed by atoms with Gasteiger partial charge in [-0.3, -0.25) is 4.79 Å². The molecule has 0 bridgehead atoms. The Morgan fingerprint density at radius 3 is 2.43 bits per heavy atom. The summed E-state index contributed by atoms with van der Waals surface area (Å²) in [6, 6.07) is 4.14. The van der Waals surface area contributed by atoms with Gasteiger partial charge in [-0.05, 0) is 75.6 Å². The molecule has 250 valence electrons. The third kappa shape index (κ3) is 8.19. The van der Waals surface area contributed by atoms with Gasteiger partial charge in [-0.1, -0.05) is 19.6 Å². The Balaban J connectivity index is 1.54. The molecule has 10 nitrogen and oxygen atoms in total. The van der Waals surface area contributed by atoms with E-state index in [4.69, 9.17) is 19.9 Å². The van der Waals surface area contributed by atoms with Crippen molar-refractivity contribution in [1.29, 1.82) is 0 Å². The molecule has 1 aromatic carbocycles. The molecule has 46 heavy (non-hydrogen) atoms. The third-order valence-corrected chi connectivity index (χ3v) is 10.3. The second-order valence-corrected chi connectivity index (χ2v) is 19.1. The van der Waals surface area contributed by atoms with E-state index < -0.39 is 25.9 Å². The number of fused-ring (bicyclic) bond motifs is 1. The van der Waals surface area contributed by atoms with E-state index in [2.05, 4.69) is 34.9 Å². The first-order chi connectivity index (χ1) is 21.7. The van der Waals surface area contributed by atoms with Crippen molar-refractivity contribution in [3.8, 4) is 17.0 Å². The molecule has 2 saturated carbocycles. The van der Waals surface area contributed by atoms with Crippen LogP contribution in [-0.4, -0.2) is 60.0 Å². The molecule has 2 amide bonds. The van der Waals surface area contributed by atoms with Crippen molar-refractivity contribution in [2.75, 3.05) is 13.2 Å². The number of aromatic nitrogens is 3. The molecular weight excluding hydrogens is 619 g/mol. The highest BCUT2D eigenvalue weighted by atomic mass is 28.3. The maximum Gasteiger partial charge on any atom is 0.416 e. The summed E-state index contributed by atoms with van der Waals surface area (Å²) in [5.41, 5.74) is 6.29. The van der Waals surface area contributed by atoms with Crippen LogP contribution >= 0.6 is 0 Å². The molecule has 2 aliphatic carbocycles. The first kappa shape index (κ1) is 33.7. The summed E-state index contributed by atoms with van der Waals surface area (Å²) in [5.74, 6) is 0.298. The molecule has 3 N–H and O–H groups in total. The molecule has 0 saturated heterocycles. The Morgan fingerprint density at radius 1 is 1.09 bits per heavy atom. The van der Waals surface area contributed by atoms with E-state index >= 15 is 0 Å². The number of rotatable bonds is 12. The molecule has 14 heteroatoms. The SMILES string of the molecule is Cc1c(C(=O)NC2CCC(OC(N)=O)CC2)c2ncnc(-c3cc(C(F)(F)F)ccc3OCC3CC3)c2n1COCC[Si](C)(C)C. The zero-order valence-corrected chi connectivity index (χ0v) is 27.7. The fourth-order valence-corrected chi connectivity index (χ4v) is 6.47. The summed E-state index contributed by atoms with van der Waals surface area (Å²) in [7, 11) is -1.40. The van der Waals surface area contributed by atoms with Crippen LogP contribution < -0.4 is 15.8 Å². The minimum Gasteiger partial charge on any atom is -0.493 e. The Labute approximate surface area is 267 Å². The third-order valence-electron chi connectivity index (χ3n) is 8.57. The van der Waals surface area contributed by atoms with Gasteiger partial charge < -0.3 is 29.8 Å². The monoisotopic (exact) mass is 661 g/mol. The van der Waals surface area contributed by atoms with Crippen LogP contribution in [0.3, 0.4) is 0 Å². The maximum atomic E-state index is 13.9. The molecule has 0 spiro atoms. The molecule has 0 aliphatic heterocycles. The molecular formula is C32H42F3N5O5Si. The number of nitrogens with zero attached hydrogens (tertiary/aromatic N) is 3. The van der Waals surface area contributed by atoms with Crippen molar-refractivity contribution >= 4 is 31.1 Å². The van der Waals surface area contributed by atoms with Crippen molar-refractivity contribution < 1.29 is 37.0 Å². The van der Waals surface area contributed by atoms with Gasteiger partial charge >= 0.3 is 12.3 Å². The number of benzene rings is 1. The molecule has 2 heterocycles. The van der Waals surface area contributed by atoms with Crippen LogP contribution in [0.25, 0.3) is 22.3 Å². The summed E-state index contributed by atoms with van der Waals surface area (Å²) in [6.07, 6.45) is -0.0910. The first-order valence-corrected chi connectivity index (χ1v) is 19.4. The van der Waals surface area contributed by atoms with Crippen LogP contribution in [0.1, 0.15) is 60.1 Å². The number of primary amides is 1. The van der Waals surface area contributed by atoms with Crippen LogP contribution in [-0.2, 0) is 22.4 Å². The van der Waals surface area contributed by atoms with Gasteiger partial charge in [-0.15, -0.1) is 0 Å². The number of ether oxygens (including phenoxy) is 3. The molecule has 2 aromatic heterocycles. The molecule has 5 rings (SSSR count). The number of halogens is 3. The number of hydrogen-bond acceptors (Lipinski definition) is 7. The van der Waals surface area contributed by atoms with Crippen LogP contribution in [0, 0.1) is 12.8 Å². The van der Waals surface area contributed by atoms with Crippen LogP contribution in [0.5, 0.6) is 5.75 Å². The van der Waals surface area contributed by atoms with Crippen LogP contribution in [0.4, 0.5) is 18.0 Å². The number of carbonyl (C=O) groups is 2. The summed E-state index contributed by atoms with van der Waals surface area (Å²) in [5, 5.41) is 3.09. The van der Waals surface area contributed by atoms with Crippen LogP contribution in [0.15, 0.2) is 24.5 Å². The summed E-state index contributed by atoms with van der Waals surface area (Å²) in [6.45, 7) is 9.45. The van der Waals surface area contributed by atoms with Crippen molar-refractivity contribution in [1.82, 2.24) is 19.9 Å². The highest BCUT2D eigenvalue weighted by Crippen LogP contribution is 2.41.